The first kappa shape index (κ1) is 27.5. The summed E-state index contributed by atoms with van der Waals surface area (Å²) >= 11 is 0. The van der Waals surface area contributed by atoms with Crippen molar-refractivity contribution in [2.24, 2.45) is 5.92 Å². The highest BCUT2D eigenvalue weighted by Crippen LogP contribution is 2.30. The van der Waals surface area contributed by atoms with Crippen LogP contribution >= 0.6 is 0 Å². The molecular formula is C28H36N2O6. The Kier molecular flexibility index (Phi) is 9.00. The number of carbonyl (C=O) groups is 3. The highest BCUT2D eigenvalue weighted by Gasteiger charge is 2.54. The summed E-state index contributed by atoms with van der Waals surface area (Å²) < 4.78 is 5.17. The van der Waals surface area contributed by atoms with Gasteiger partial charge in [0.15, 0.2) is 11.4 Å². The standard InChI is InChI=1S/C28H36N2O6/c1-17(2)12-23(25(33)28(15-32)16-36-28)29-27(35)24(14-31)30-26(34)22-13-20(10-11-21(22)18(3)4)19-8-6-5-7-9-19/h5-11,13,17-18,23-24,31-32H,12,14-16H2,1-4H3,(H,29,35)(H,30,34)/t23-,24-,28+/m0/s1. The molecule has 3 atom stereocenters. The number of aliphatic hydroxyl groups excluding tert-OH is 2. The third kappa shape index (κ3) is 6.37. The number of hydrogen-bond donors (Lipinski definition) is 4. The van der Waals surface area contributed by atoms with Crippen LogP contribution < -0.4 is 10.6 Å². The van der Waals surface area contributed by atoms with Crippen molar-refractivity contribution in [2.75, 3.05) is 19.8 Å². The number of benzene rings is 2. The molecule has 2 aromatic carbocycles. The van der Waals surface area contributed by atoms with E-state index in [1.807, 2.05) is 70.2 Å². The van der Waals surface area contributed by atoms with Gasteiger partial charge in [-0.2, -0.15) is 0 Å². The minimum absolute atomic E-state index is 0.0539. The van der Waals surface area contributed by atoms with Gasteiger partial charge in [0.25, 0.3) is 5.91 Å². The fourth-order valence-corrected chi connectivity index (χ4v) is 4.19. The normalized spacial score (nSPS) is 18.6. The number of epoxide rings is 1. The molecule has 8 heteroatoms. The Hall–Kier alpha value is -3.07. The largest absolute Gasteiger partial charge is 0.394 e. The molecule has 0 saturated carbocycles. The molecule has 0 bridgehead atoms. The van der Waals surface area contributed by atoms with Crippen molar-refractivity contribution in [2.45, 2.75) is 57.7 Å². The summed E-state index contributed by atoms with van der Waals surface area (Å²) in [6, 6.07) is 13.1. The molecular weight excluding hydrogens is 460 g/mol. The molecule has 0 radical (unpaired) electrons. The van der Waals surface area contributed by atoms with Crippen molar-refractivity contribution in [1.82, 2.24) is 10.6 Å². The summed E-state index contributed by atoms with van der Waals surface area (Å²) in [6.45, 7) is 6.76. The van der Waals surface area contributed by atoms with Crippen molar-refractivity contribution in [3.8, 4) is 11.1 Å². The molecule has 1 aliphatic rings. The number of ketones is 1. The average Bonchev–Trinajstić information content (AvgIpc) is 3.67. The van der Waals surface area contributed by atoms with Crippen molar-refractivity contribution in [3.05, 3.63) is 59.7 Å². The Labute approximate surface area is 212 Å². The molecule has 194 valence electrons. The second-order valence-electron chi connectivity index (χ2n) is 10.0. The van der Waals surface area contributed by atoms with Gasteiger partial charge in [-0.3, -0.25) is 14.4 Å². The monoisotopic (exact) mass is 496 g/mol. The summed E-state index contributed by atoms with van der Waals surface area (Å²) in [7, 11) is 0. The maximum Gasteiger partial charge on any atom is 0.252 e. The fraction of sp³-hybridized carbons (Fsp3) is 0.464. The zero-order chi connectivity index (χ0) is 26.5. The Morgan fingerprint density at radius 2 is 1.61 bits per heavy atom. The average molecular weight is 497 g/mol. The van der Waals surface area contributed by atoms with E-state index in [-0.39, 0.29) is 18.4 Å². The first-order chi connectivity index (χ1) is 17.1. The lowest BCUT2D eigenvalue weighted by Crippen LogP contribution is -2.55. The second-order valence-corrected chi connectivity index (χ2v) is 10.0. The highest BCUT2D eigenvalue weighted by atomic mass is 16.6. The van der Waals surface area contributed by atoms with Crippen molar-refractivity contribution < 1.29 is 29.3 Å². The third-order valence-electron chi connectivity index (χ3n) is 6.37. The zero-order valence-electron chi connectivity index (χ0n) is 21.3. The maximum absolute atomic E-state index is 13.3. The van der Waals surface area contributed by atoms with Gasteiger partial charge in [0.2, 0.25) is 5.91 Å². The molecule has 36 heavy (non-hydrogen) atoms. The van der Waals surface area contributed by atoms with Crippen LogP contribution in [0.4, 0.5) is 0 Å². The van der Waals surface area contributed by atoms with Gasteiger partial charge in [-0.1, -0.05) is 70.2 Å². The molecule has 0 aromatic heterocycles. The third-order valence-corrected chi connectivity index (χ3v) is 6.37. The van der Waals surface area contributed by atoms with E-state index in [4.69, 9.17) is 4.74 Å². The van der Waals surface area contributed by atoms with E-state index in [1.165, 1.54) is 0 Å². The van der Waals surface area contributed by atoms with Crippen molar-refractivity contribution in [1.29, 1.82) is 0 Å². The van der Waals surface area contributed by atoms with Gasteiger partial charge in [0.05, 0.1) is 25.9 Å². The number of rotatable bonds is 12. The van der Waals surface area contributed by atoms with E-state index < -0.39 is 48.5 Å². The smallest absolute Gasteiger partial charge is 0.252 e. The zero-order valence-corrected chi connectivity index (χ0v) is 21.3. The fourth-order valence-electron chi connectivity index (χ4n) is 4.19. The quantitative estimate of drug-likeness (QED) is 0.334. The lowest BCUT2D eigenvalue weighted by molar-refractivity contribution is -0.133. The van der Waals surface area contributed by atoms with Crippen LogP contribution in [0.3, 0.4) is 0 Å². The summed E-state index contributed by atoms with van der Waals surface area (Å²) in [5.74, 6) is -1.45. The molecule has 0 unspecified atom stereocenters. The number of carbonyl (C=O) groups excluding carboxylic acids is 3. The van der Waals surface area contributed by atoms with Crippen LogP contribution in [0.5, 0.6) is 0 Å². The van der Waals surface area contributed by atoms with Gasteiger partial charge in [-0.05, 0) is 41.0 Å². The summed E-state index contributed by atoms with van der Waals surface area (Å²) in [4.78, 5) is 39.3. The molecule has 2 amide bonds. The molecule has 0 aliphatic carbocycles. The van der Waals surface area contributed by atoms with Crippen LogP contribution in [0, 0.1) is 5.92 Å². The van der Waals surface area contributed by atoms with Gasteiger partial charge >= 0.3 is 0 Å². The minimum Gasteiger partial charge on any atom is -0.394 e. The summed E-state index contributed by atoms with van der Waals surface area (Å²) in [6.07, 6.45) is 0.332. The summed E-state index contributed by atoms with van der Waals surface area (Å²) in [5, 5.41) is 24.8. The molecule has 4 N–H and O–H groups in total. The van der Waals surface area contributed by atoms with Crippen LogP contribution in [-0.4, -0.2) is 65.3 Å². The van der Waals surface area contributed by atoms with Gasteiger partial charge in [-0.15, -0.1) is 0 Å². The van der Waals surface area contributed by atoms with Crippen molar-refractivity contribution in [3.63, 3.8) is 0 Å². The van der Waals surface area contributed by atoms with Crippen LogP contribution in [0.2, 0.25) is 0 Å². The van der Waals surface area contributed by atoms with E-state index in [0.29, 0.717) is 12.0 Å². The first-order valence-electron chi connectivity index (χ1n) is 12.3. The Morgan fingerprint density at radius 1 is 0.944 bits per heavy atom. The SMILES string of the molecule is CC(C)C[C@H](NC(=O)[C@H](CO)NC(=O)c1cc(-c2ccccc2)ccc1C(C)C)C(=O)[C@@]1(CO)CO1. The molecule has 2 aromatic rings. The number of amides is 2. The number of ether oxygens (including phenoxy) is 1. The number of nitrogens with one attached hydrogen (secondary N) is 2. The lowest BCUT2D eigenvalue weighted by Gasteiger charge is -2.25. The maximum atomic E-state index is 13.3. The Morgan fingerprint density at radius 3 is 2.14 bits per heavy atom. The van der Waals surface area contributed by atoms with E-state index >= 15 is 0 Å². The Bertz CT molecular complexity index is 1080. The molecule has 3 rings (SSSR count). The van der Waals surface area contributed by atoms with Gasteiger partial charge in [0.1, 0.15) is 6.04 Å². The van der Waals surface area contributed by atoms with E-state index in [2.05, 4.69) is 10.6 Å². The molecule has 0 spiro atoms. The van der Waals surface area contributed by atoms with Crippen LogP contribution in [-0.2, 0) is 14.3 Å². The number of hydrogen-bond acceptors (Lipinski definition) is 6. The number of aliphatic hydroxyl groups is 2. The van der Waals surface area contributed by atoms with Crippen LogP contribution in [0.1, 0.15) is 56.0 Å². The lowest BCUT2D eigenvalue weighted by atomic mass is 9.92. The van der Waals surface area contributed by atoms with Crippen LogP contribution in [0.25, 0.3) is 11.1 Å². The van der Waals surface area contributed by atoms with Crippen molar-refractivity contribution >= 4 is 17.6 Å². The Balaban J connectivity index is 1.80. The topological polar surface area (TPSA) is 128 Å². The van der Waals surface area contributed by atoms with Crippen LogP contribution in [0.15, 0.2) is 48.5 Å². The second kappa shape index (κ2) is 11.8. The molecule has 1 heterocycles. The van der Waals surface area contributed by atoms with Gasteiger partial charge in [-0.25, -0.2) is 0 Å². The van der Waals surface area contributed by atoms with Gasteiger partial charge < -0.3 is 25.6 Å². The van der Waals surface area contributed by atoms with E-state index in [0.717, 1.165) is 16.7 Å². The molecule has 1 saturated heterocycles. The summed E-state index contributed by atoms with van der Waals surface area (Å²) in [5.41, 5.74) is 1.75. The van der Waals surface area contributed by atoms with Gasteiger partial charge in [0, 0.05) is 5.56 Å². The molecule has 8 nitrogen and oxygen atoms in total. The predicted octanol–water partition coefficient (Wildman–Crippen LogP) is 2.43. The molecule has 1 fully saturated rings. The first-order valence-corrected chi connectivity index (χ1v) is 12.3. The molecule has 1 aliphatic heterocycles. The highest BCUT2D eigenvalue weighted by molar-refractivity contribution is 6.01. The minimum atomic E-state index is -1.28. The number of Topliss-reactive ketones (excluding diaryl/α,β-unsaturated/α-hetero) is 1. The van der Waals surface area contributed by atoms with E-state index in [9.17, 15) is 24.6 Å². The van der Waals surface area contributed by atoms with E-state index in [1.54, 1.807) is 6.07 Å². The predicted molar refractivity (Wildman–Crippen MR) is 136 cm³/mol.